The molecule has 2 N–H and O–H groups in total. The van der Waals surface area contributed by atoms with E-state index in [2.05, 4.69) is 15.8 Å². The van der Waals surface area contributed by atoms with Crippen molar-refractivity contribution in [3.8, 4) is 11.5 Å². The number of methoxy groups -OCH3 is 2. The lowest BCUT2D eigenvalue weighted by Crippen LogP contribution is -2.51. The van der Waals surface area contributed by atoms with E-state index in [9.17, 15) is 14.4 Å². The fourth-order valence-electron chi connectivity index (χ4n) is 4.57. The molecule has 1 aromatic heterocycles. The Morgan fingerprint density at radius 3 is 2.22 bits per heavy atom. The number of aromatic nitrogens is 1. The Morgan fingerprint density at radius 1 is 1.00 bits per heavy atom. The van der Waals surface area contributed by atoms with Gasteiger partial charge in [0.05, 0.1) is 19.9 Å². The molecule has 0 saturated heterocycles. The summed E-state index contributed by atoms with van der Waals surface area (Å²) in [5.74, 6) is 0.386. The molecule has 10 heteroatoms. The Kier molecular flexibility index (Phi) is 10.2. The van der Waals surface area contributed by atoms with Crippen molar-refractivity contribution in [3.63, 3.8) is 0 Å². The van der Waals surface area contributed by atoms with E-state index in [1.54, 1.807) is 31.2 Å². The predicted octanol–water partition coefficient (Wildman–Crippen LogP) is 5.42. The van der Waals surface area contributed by atoms with Gasteiger partial charge >= 0.3 is 0 Å². The summed E-state index contributed by atoms with van der Waals surface area (Å²) in [6, 6.07) is 11.4. The number of nitrogens with zero attached hydrogens (tertiary/aromatic N) is 2. The maximum absolute atomic E-state index is 14.2. The zero-order chi connectivity index (χ0) is 30.3. The number of ether oxygens (including phenoxy) is 2. The fourth-order valence-corrected chi connectivity index (χ4v) is 4.57. The number of carbonyl (C=O) groups excluding carboxylic acids is 3. The Balaban J connectivity index is 2.13. The number of anilines is 2. The molecule has 0 radical (unpaired) electrons. The van der Waals surface area contributed by atoms with Gasteiger partial charge in [-0.1, -0.05) is 42.4 Å². The summed E-state index contributed by atoms with van der Waals surface area (Å²) in [5, 5.41) is 9.53. The van der Waals surface area contributed by atoms with Crippen LogP contribution < -0.4 is 25.0 Å². The minimum atomic E-state index is -1.13. The lowest BCUT2D eigenvalue weighted by Gasteiger charge is -2.36. The topological polar surface area (TPSA) is 123 Å². The van der Waals surface area contributed by atoms with Gasteiger partial charge in [0.25, 0.3) is 0 Å². The number of rotatable bonds is 12. The van der Waals surface area contributed by atoms with Crippen LogP contribution in [0.4, 0.5) is 11.5 Å². The van der Waals surface area contributed by atoms with E-state index in [0.29, 0.717) is 34.9 Å². The number of hydrogen-bond acceptors (Lipinski definition) is 7. The first-order valence-electron chi connectivity index (χ1n) is 13.6. The van der Waals surface area contributed by atoms with Gasteiger partial charge in [-0.15, -0.1) is 0 Å². The van der Waals surface area contributed by atoms with Gasteiger partial charge in [-0.2, -0.15) is 0 Å². The van der Waals surface area contributed by atoms with E-state index in [4.69, 9.17) is 14.0 Å². The van der Waals surface area contributed by atoms with Crippen LogP contribution in [-0.4, -0.2) is 42.6 Å². The molecule has 0 saturated carbocycles. The number of hydrogen-bond donors (Lipinski definition) is 2. The van der Waals surface area contributed by atoms with Crippen LogP contribution >= 0.6 is 0 Å². The number of para-hydroxylation sites is 2. The van der Waals surface area contributed by atoms with Gasteiger partial charge in [0.2, 0.25) is 17.7 Å². The number of nitrogens with one attached hydrogen (secondary N) is 2. The van der Waals surface area contributed by atoms with Crippen LogP contribution in [0.15, 0.2) is 47.0 Å². The standard InChI is InChI=1S/C31H40N4O6/c1-9-31(5,6)33-30(38)28(22-14-11-15-23(39-7)29(22)40-8)35(27-19(2)12-10-13-20(27)3)26(37)17-16-25(36)32-24-18-21(4)41-34-24/h10-15,18,28H,9,16-17H2,1-8H3,(H,33,38)(H,32,34,36)/t28-/m0/s1. The monoisotopic (exact) mass is 564 g/mol. The quantitative estimate of drug-likeness (QED) is 0.301. The van der Waals surface area contributed by atoms with Gasteiger partial charge in [-0.25, -0.2) is 0 Å². The molecule has 0 aliphatic rings. The third-order valence-corrected chi connectivity index (χ3v) is 6.99. The molecule has 1 atom stereocenters. The zero-order valence-electron chi connectivity index (χ0n) is 25.1. The van der Waals surface area contributed by atoms with Gasteiger partial charge < -0.3 is 24.6 Å². The molecule has 0 aliphatic heterocycles. The molecule has 10 nitrogen and oxygen atoms in total. The van der Waals surface area contributed by atoms with Gasteiger partial charge in [-0.3, -0.25) is 19.3 Å². The van der Waals surface area contributed by atoms with Crippen molar-refractivity contribution in [3.05, 3.63) is 64.9 Å². The Morgan fingerprint density at radius 2 is 1.66 bits per heavy atom. The van der Waals surface area contributed by atoms with Crippen LogP contribution in [0, 0.1) is 20.8 Å². The number of benzene rings is 2. The number of carbonyl (C=O) groups is 3. The molecule has 3 rings (SSSR count). The molecule has 3 amide bonds. The second-order valence-corrected chi connectivity index (χ2v) is 10.6. The lowest BCUT2D eigenvalue weighted by molar-refractivity contribution is -0.128. The smallest absolute Gasteiger partial charge is 0.248 e. The third-order valence-electron chi connectivity index (χ3n) is 6.99. The minimum absolute atomic E-state index is 0.129. The highest BCUT2D eigenvalue weighted by molar-refractivity contribution is 6.04. The molecule has 0 spiro atoms. The van der Waals surface area contributed by atoms with Crippen LogP contribution in [-0.2, 0) is 14.4 Å². The summed E-state index contributed by atoms with van der Waals surface area (Å²) < 4.78 is 16.3. The van der Waals surface area contributed by atoms with Crippen molar-refractivity contribution in [1.29, 1.82) is 0 Å². The van der Waals surface area contributed by atoms with E-state index >= 15 is 0 Å². The SMILES string of the molecule is CCC(C)(C)NC(=O)[C@H](c1cccc(OC)c1OC)N(C(=O)CCC(=O)Nc1cc(C)on1)c1c(C)cccc1C. The van der Waals surface area contributed by atoms with Crippen molar-refractivity contribution in [2.24, 2.45) is 0 Å². The van der Waals surface area contributed by atoms with Crippen LogP contribution in [0.1, 0.15) is 68.5 Å². The maximum Gasteiger partial charge on any atom is 0.248 e. The van der Waals surface area contributed by atoms with Crippen molar-refractivity contribution in [1.82, 2.24) is 10.5 Å². The molecule has 0 unspecified atom stereocenters. The summed E-state index contributed by atoms with van der Waals surface area (Å²) in [7, 11) is 3.01. The summed E-state index contributed by atoms with van der Waals surface area (Å²) in [4.78, 5) is 42.6. The first-order valence-corrected chi connectivity index (χ1v) is 13.6. The summed E-state index contributed by atoms with van der Waals surface area (Å²) in [5.41, 5.74) is 2.09. The van der Waals surface area contributed by atoms with E-state index in [-0.39, 0.29) is 24.6 Å². The summed E-state index contributed by atoms with van der Waals surface area (Å²) >= 11 is 0. The van der Waals surface area contributed by atoms with Crippen molar-refractivity contribution in [2.45, 2.75) is 72.4 Å². The summed E-state index contributed by atoms with van der Waals surface area (Å²) in [6.45, 7) is 11.3. The first kappa shape index (κ1) is 31.2. The largest absolute Gasteiger partial charge is 0.493 e. The second kappa shape index (κ2) is 13.3. The maximum atomic E-state index is 14.2. The summed E-state index contributed by atoms with van der Waals surface area (Å²) in [6.07, 6.45) is 0.375. The molecular weight excluding hydrogens is 524 g/mol. The average molecular weight is 565 g/mol. The van der Waals surface area contributed by atoms with Crippen LogP contribution in [0.25, 0.3) is 0 Å². The van der Waals surface area contributed by atoms with Crippen molar-refractivity contribution >= 4 is 29.2 Å². The molecular formula is C31H40N4O6. The molecule has 0 bridgehead atoms. The number of amides is 3. The molecule has 0 fully saturated rings. The molecule has 41 heavy (non-hydrogen) atoms. The van der Waals surface area contributed by atoms with E-state index in [0.717, 1.165) is 11.1 Å². The molecule has 1 heterocycles. The minimum Gasteiger partial charge on any atom is -0.493 e. The highest BCUT2D eigenvalue weighted by Gasteiger charge is 2.38. The van der Waals surface area contributed by atoms with Crippen LogP contribution in [0.2, 0.25) is 0 Å². The molecule has 0 aliphatic carbocycles. The highest BCUT2D eigenvalue weighted by Crippen LogP contribution is 2.41. The van der Waals surface area contributed by atoms with Crippen molar-refractivity contribution in [2.75, 3.05) is 24.4 Å². The van der Waals surface area contributed by atoms with Gasteiger partial charge in [0, 0.05) is 30.0 Å². The van der Waals surface area contributed by atoms with Crippen LogP contribution in [0.5, 0.6) is 11.5 Å². The predicted molar refractivity (Wildman–Crippen MR) is 157 cm³/mol. The number of aryl methyl sites for hydroxylation is 3. The average Bonchev–Trinajstić information content (AvgIpc) is 3.34. The lowest BCUT2D eigenvalue weighted by atomic mass is 9.95. The van der Waals surface area contributed by atoms with Crippen molar-refractivity contribution < 1.29 is 28.4 Å². The second-order valence-electron chi connectivity index (χ2n) is 10.6. The Bertz CT molecular complexity index is 1380. The third kappa shape index (κ3) is 7.45. The van der Waals surface area contributed by atoms with Gasteiger partial charge in [-0.05, 0) is 58.2 Å². The zero-order valence-corrected chi connectivity index (χ0v) is 25.1. The highest BCUT2D eigenvalue weighted by atomic mass is 16.5. The van der Waals surface area contributed by atoms with E-state index in [1.807, 2.05) is 52.8 Å². The van der Waals surface area contributed by atoms with E-state index in [1.165, 1.54) is 19.1 Å². The van der Waals surface area contributed by atoms with E-state index < -0.39 is 23.4 Å². The Hall–Kier alpha value is -4.34. The molecule has 220 valence electrons. The normalized spacial score (nSPS) is 11.9. The fraction of sp³-hybridized carbons (Fsp3) is 0.419. The van der Waals surface area contributed by atoms with Crippen LogP contribution in [0.3, 0.4) is 0 Å². The van der Waals surface area contributed by atoms with Gasteiger partial charge in [0.15, 0.2) is 17.3 Å². The molecule has 3 aromatic rings. The molecule has 2 aromatic carbocycles. The Labute approximate surface area is 241 Å². The first-order chi connectivity index (χ1) is 19.4. The van der Waals surface area contributed by atoms with Gasteiger partial charge in [0.1, 0.15) is 11.8 Å².